The molecule has 1 aromatic heterocycles. The number of carboxylic acid groups (broad SMARTS) is 3. The van der Waals surface area contributed by atoms with Crippen LogP contribution in [0, 0.1) is 17.2 Å². The summed E-state index contributed by atoms with van der Waals surface area (Å²) in [4.78, 5) is 249. The number of carbonyl (C=O) groups excluding carboxylic acids is 14. The number of aromatic hydroxyl groups is 1. The number of amides is 14. The van der Waals surface area contributed by atoms with Crippen LogP contribution in [0.5, 0.6) is 5.75 Å². The van der Waals surface area contributed by atoms with E-state index >= 15 is 14.4 Å². The highest BCUT2D eigenvalue weighted by atomic mass is 32.2. The monoisotopic (exact) mass is 1780 g/mol. The molecule has 0 aliphatic carbocycles. The van der Waals surface area contributed by atoms with E-state index in [-0.39, 0.29) is 69.4 Å². The number of aromatic nitrogens is 2. The molecule has 5 aromatic rings. The lowest BCUT2D eigenvalue weighted by atomic mass is 9.97. The molecule has 1 fully saturated rings. The highest BCUT2D eigenvalue weighted by Gasteiger charge is 2.40. The number of phenolic OH excluding ortho intramolecular Hbond substituents is 1. The van der Waals surface area contributed by atoms with Crippen molar-refractivity contribution in [3.63, 3.8) is 0 Å². The average molecular weight is 1790 g/mol. The summed E-state index contributed by atoms with van der Waals surface area (Å²) in [5, 5.41) is 83.9. The second-order valence-corrected chi connectivity index (χ2v) is 32.7. The van der Waals surface area contributed by atoms with Crippen molar-refractivity contribution in [3.8, 4) is 16.9 Å². The number of phenols is 1. The lowest BCUT2D eigenvalue weighted by molar-refractivity contribution is -0.142. The summed E-state index contributed by atoms with van der Waals surface area (Å²) in [6.07, 6.45) is -1.09. The molecule has 1 aliphatic rings. The lowest BCUT2D eigenvalue weighted by Crippen LogP contribution is -2.62. The van der Waals surface area contributed by atoms with Gasteiger partial charge < -0.3 is 111 Å². The first-order valence-corrected chi connectivity index (χ1v) is 43.0. The van der Waals surface area contributed by atoms with Crippen LogP contribution in [0.25, 0.3) is 11.1 Å². The molecule has 4 aromatic carbocycles. The Kier molecular flexibility index (Phi) is 42.1. The van der Waals surface area contributed by atoms with Gasteiger partial charge in [0.1, 0.15) is 84.3 Å². The maximum atomic E-state index is 15.3. The smallest absolute Gasteiger partial charge is 0.305 e. The van der Waals surface area contributed by atoms with Crippen LogP contribution < -0.4 is 85.9 Å². The van der Waals surface area contributed by atoms with E-state index in [0.29, 0.717) is 36.8 Å². The van der Waals surface area contributed by atoms with Gasteiger partial charge in [-0.15, -0.1) is 11.8 Å². The summed E-state index contributed by atoms with van der Waals surface area (Å²) in [5.41, 5.74) is 14.6. The van der Waals surface area contributed by atoms with Crippen LogP contribution in [-0.2, 0) is 107 Å². The van der Waals surface area contributed by atoms with Crippen LogP contribution in [0.3, 0.4) is 0 Å². The second-order valence-electron chi connectivity index (χ2n) is 31.6. The van der Waals surface area contributed by atoms with Crippen molar-refractivity contribution in [1.82, 2.24) is 84.4 Å². The predicted octanol–water partition coefficient (Wildman–Crippen LogP) is -0.253. The average Bonchev–Trinajstić information content (AvgIpc) is 1.84. The first-order chi connectivity index (χ1) is 60.4. The number of rotatable bonds is 30. The van der Waals surface area contributed by atoms with E-state index < -0.39 is 241 Å². The van der Waals surface area contributed by atoms with E-state index in [0.717, 1.165) is 28.5 Å². The largest absolute Gasteiger partial charge is 0.508 e. The van der Waals surface area contributed by atoms with Gasteiger partial charge in [0.2, 0.25) is 82.7 Å². The fraction of sp³-hybridized carbons (Fsp3) is 0.477. The molecule has 13 atom stereocenters. The summed E-state index contributed by atoms with van der Waals surface area (Å²) in [5.74, 6) is -22.8. The Hall–Kier alpha value is -13.5. The number of unbranched alkanes of at least 4 members (excludes halogenated alkanes) is 2. The number of thioether (sulfide) groups is 1. The summed E-state index contributed by atoms with van der Waals surface area (Å²) in [6, 6.07) is 8.47. The van der Waals surface area contributed by atoms with Crippen LogP contribution in [0.15, 0.2) is 122 Å². The van der Waals surface area contributed by atoms with Gasteiger partial charge in [-0.2, -0.15) is 0 Å². The van der Waals surface area contributed by atoms with E-state index in [2.05, 4.69) is 84.4 Å². The van der Waals surface area contributed by atoms with Gasteiger partial charge in [-0.3, -0.25) is 86.9 Å². The first-order valence-electron chi connectivity index (χ1n) is 41.8. The summed E-state index contributed by atoms with van der Waals surface area (Å²) in [6.45, 7) is 9.53. The zero-order valence-corrected chi connectivity index (χ0v) is 72.4. The minimum atomic E-state index is -2.14. The third kappa shape index (κ3) is 36.3. The topological polar surface area (TPSA) is 644 Å². The minimum Gasteiger partial charge on any atom is -0.508 e. The third-order valence-corrected chi connectivity index (χ3v) is 21.4. The van der Waals surface area contributed by atoms with Crippen molar-refractivity contribution in [1.29, 1.82) is 5.41 Å². The Morgan fingerprint density at radius 3 is 1.39 bits per heavy atom. The van der Waals surface area contributed by atoms with E-state index in [1.807, 2.05) is 49.4 Å². The van der Waals surface area contributed by atoms with Crippen LogP contribution in [0.1, 0.15) is 147 Å². The minimum absolute atomic E-state index is 0.00163. The van der Waals surface area contributed by atoms with Gasteiger partial charge in [0.15, 0.2) is 5.96 Å². The van der Waals surface area contributed by atoms with Crippen molar-refractivity contribution in [2.45, 2.75) is 229 Å². The molecule has 14 amide bonds. The fourth-order valence-corrected chi connectivity index (χ4v) is 14.4. The number of guanidine groups is 1. The number of primary amides is 1. The van der Waals surface area contributed by atoms with Crippen molar-refractivity contribution >= 4 is 118 Å². The number of hydrogen-bond donors (Lipinski definition) is 22. The Labute approximate surface area is 738 Å². The number of carboxylic acids is 3. The number of carbonyl (C=O) groups is 17. The van der Waals surface area contributed by atoms with Gasteiger partial charge in [0.05, 0.1) is 30.6 Å². The zero-order valence-electron chi connectivity index (χ0n) is 71.6. The summed E-state index contributed by atoms with van der Waals surface area (Å²) in [7, 11) is 0. The number of nitrogens with one attached hydrogen (secondary N) is 16. The van der Waals surface area contributed by atoms with Crippen molar-refractivity contribution < 1.29 is 102 Å². The van der Waals surface area contributed by atoms with Crippen LogP contribution in [0.2, 0.25) is 0 Å². The van der Waals surface area contributed by atoms with E-state index in [4.69, 9.17) is 16.9 Å². The molecule has 688 valence electrons. The first kappa shape index (κ1) is 102. The molecule has 6 rings (SSSR count). The number of nitrogens with two attached hydrogens (primary N) is 2. The van der Waals surface area contributed by atoms with Gasteiger partial charge in [-0.05, 0) is 110 Å². The number of benzene rings is 4. The molecule has 0 bridgehead atoms. The molecule has 1 saturated heterocycles. The number of imidazole rings is 1. The normalized spacial score (nSPS) is 22.7. The molecular formula is C86H117N19O21S. The number of aromatic amines is 1. The van der Waals surface area contributed by atoms with Gasteiger partial charge in [-0.1, -0.05) is 151 Å². The van der Waals surface area contributed by atoms with Gasteiger partial charge >= 0.3 is 17.9 Å². The van der Waals surface area contributed by atoms with Crippen LogP contribution >= 0.6 is 11.8 Å². The molecule has 0 unspecified atom stereocenters. The van der Waals surface area contributed by atoms with Gasteiger partial charge in [-0.25, -0.2) is 4.98 Å². The fourth-order valence-electron chi connectivity index (χ4n) is 13.5. The summed E-state index contributed by atoms with van der Waals surface area (Å²) < 4.78 is 0. The number of H-pyrrole nitrogens is 1. The SMILES string of the molecule is CCCCC[C@@H]1NC(=O)[C@H](CCCNC(=N)N)NC(=O)[C@H](C)NC(=O)CSC[C@@H](C(N)=O)NC(=O)[C@H](CC(=O)O)NC(=O)[C@H](CCCc2ccccc2)NC(=O)[C@H](Cc2ccc(-c3ccccc3)cc2)NC(=O)[C@H](CC(C)C)NC(=O)[C@H](C(C)C)NC(=O)[C@H](CCC(=O)O)NC(=O)[C@H](CC(=O)O)NC(=O)[C@H](Cc2c[nH]cn2)NC(=O)[C@H](Cc2ccc(O)cc2)NC1=O. The number of hydrogen-bond acceptors (Lipinski definition) is 21. The molecule has 0 spiro atoms. The quantitative estimate of drug-likeness (QED) is 0.0160. The molecule has 0 radical (unpaired) electrons. The second kappa shape index (κ2) is 52.3. The number of aliphatic carboxylic acids is 3. The third-order valence-electron chi connectivity index (χ3n) is 20.4. The molecule has 0 saturated carbocycles. The van der Waals surface area contributed by atoms with E-state index in [1.54, 1.807) is 56.3 Å². The number of aryl methyl sites for hydroxylation is 1. The Morgan fingerprint density at radius 1 is 0.472 bits per heavy atom. The molecule has 41 heteroatoms. The van der Waals surface area contributed by atoms with Gasteiger partial charge in [0, 0.05) is 44.2 Å². The van der Waals surface area contributed by atoms with Crippen molar-refractivity contribution in [2.24, 2.45) is 23.3 Å². The predicted molar refractivity (Wildman–Crippen MR) is 465 cm³/mol. The lowest BCUT2D eigenvalue weighted by Gasteiger charge is -2.30. The van der Waals surface area contributed by atoms with E-state index in [9.17, 15) is 87.5 Å². The van der Waals surface area contributed by atoms with Crippen molar-refractivity contribution in [2.75, 3.05) is 18.1 Å². The van der Waals surface area contributed by atoms with E-state index in [1.165, 1.54) is 57.6 Å². The molecule has 1 aliphatic heterocycles. The Balaban J connectivity index is 1.45. The van der Waals surface area contributed by atoms with Crippen molar-refractivity contribution in [3.05, 3.63) is 144 Å². The molecule has 24 N–H and O–H groups in total. The maximum absolute atomic E-state index is 15.3. The van der Waals surface area contributed by atoms with Crippen LogP contribution in [0.4, 0.5) is 0 Å². The standard InChI is InChI=1S/C86H117N19O21S/c1-7-8-11-23-57-76(117)98-63(39-52-28-32-56(106)33-29-52)81(122)100-64(40-55-43-90-46-92-55)82(123)102-65(41-70(110)111)83(124)97-60(34-35-69(108)109)78(119)105-72(48(4)5)85(126)103-61(37-47(2)3)79(120)99-62(38-51-26-30-54(31-27-51)53-21-14-10-15-22-53)80(121)96-58(24-16-20-50-18-12-9-13-19-50)77(118)101-66(42-71(112)113)84(125)104-67(73(87)114)44-127-45-68(107)93-49(6)74(115)94-59(75(116)95-57)25-17-36-91-86(88)89/h9-10,12-15,18-19,21-22,26-33,43,46-49,57-67,72,106H,7-8,11,16-17,20,23-25,34-42,44-45H2,1-6H3,(H2,87,114)(H,90,92)(H,93,107)(H,94,115)(H,95,116)(H,96,121)(H,97,124)(H,98,117)(H,99,120)(H,100,122)(H,101,118)(H,102,123)(H,103,126)(H,104,125)(H,105,119)(H,108,109)(H,110,111)(H,112,113)(H4,88,89,91)/t49-,57-,58-,59-,60-,61-,62-,63-,64-,65-,66-,67-,72-/m0/s1. The molecule has 127 heavy (non-hydrogen) atoms. The zero-order chi connectivity index (χ0) is 93.4. The Morgan fingerprint density at radius 2 is 0.906 bits per heavy atom. The maximum Gasteiger partial charge on any atom is 0.305 e. The van der Waals surface area contributed by atoms with Crippen LogP contribution in [-0.4, -0.2) is 234 Å². The molecule has 40 nitrogen and oxygen atoms in total. The highest BCUT2D eigenvalue weighted by molar-refractivity contribution is 8.00. The summed E-state index contributed by atoms with van der Waals surface area (Å²) >= 11 is 0.727. The number of nitrogens with zero attached hydrogens (tertiary/aromatic N) is 1. The molecular weight excluding hydrogens is 1670 g/mol. The highest BCUT2D eigenvalue weighted by Crippen LogP contribution is 2.22. The molecule has 2 heterocycles. The van der Waals surface area contributed by atoms with Gasteiger partial charge in [0.25, 0.3) is 0 Å². The Bertz CT molecular complexity index is 4590.